The zero-order valence-electron chi connectivity index (χ0n) is 16.4. The Balaban J connectivity index is 1.98. The fourth-order valence-corrected chi connectivity index (χ4v) is 4.68. The van der Waals surface area contributed by atoms with Gasteiger partial charge in [-0.25, -0.2) is 4.79 Å². The number of anilines is 1. The number of methoxy groups -OCH3 is 2. The highest BCUT2D eigenvalue weighted by atomic mass is 32.1. The minimum absolute atomic E-state index is 0.292. The van der Waals surface area contributed by atoms with E-state index in [0.29, 0.717) is 34.2 Å². The van der Waals surface area contributed by atoms with Gasteiger partial charge in [0.1, 0.15) is 16.5 Å². The lowest BCUT2D eigenvalue weighted by molar-refractivity contribution is 0.0527. The van der Waals surface area contributed by atoms with Crippen LogP contribution in [-0.4, -0.2) is 32.7 Å². The van der Waals surface area contributed by atoms with Gasteiger partial charge in [0.25, 0.3) is 5.91 Å². The Morgan fingerprint density at radius 1 is 1.11 bits per heavy atom. The maximum atomic E-state index is 13.0. The highest BCUT2D eigenvalue weighted by molar-refractivity contribution is 7.17. The average Bonchev–Trinajstić information content (AvgIpc) is 2.88. The molecular weight excluding hydrogens is 378 g/mol. The number of thiophene rings is 1. The Kier molecular flexibility index (Phi) is 6.57. The molecule has 0 saturated heterocycles. The minimum Gasteiger partial charge on any atom is -0.497 e. The average molecular weight is 404 g/mol. The summed E-state index contributed by atoms with van der Waals surface area (Å²) in [5.74, 6) is 0.264. The third-order valence-corrected chi connectivity index (χ3v) is 5.99. The van der Waals surface area contributed by atoms with Crippen LogP contribution in [0.2, 0.25) is 0 Å². The third kappa shape index (κ3) is 4.14. The number of benzene rings is 1. The normalized spacial score (nSPS) is 13.2. The number of hydrogen-bond acceptors (Lipinski definition) is 6. The van der Waals surface area contributed by atoms with Gasteiger partial charge in [-0.3, -0.25) is 4.79 Å². The molecule has 1 N–H and O–H groups in total. The molecule has 1 aliphatic rings. The van der Waals surface area contributed by atoms with Crippen molar-refractivity contribution >= 4 is 28.2 Å². The van der Waals surface area contributed by atoms with E-state index in [1.807, 2.05) is 0 Å². The summed E-state index contributed by atoms with van der Waals surface area (Å²) < 4.78 is 15.8. The highest BCUT2D eigenvalue weighted by Gasteiger charge is 2.27. The number of aryl methyl sites for hydroxylation is 1. The van der Waals surface area contributed by atoms with E-state index >= 15 is 0 Å². The summed E-state index contributed by atoms with van der Waals surface area (Å²) >= 11 is 1.47. The van der Waals surface area contributed by atoms with Crippen molar-refractivity contribution < 1.29 is 23.8 Å². The molecule has 28 heavy (non-hydrogen) atoms. The van der Waals surface area contributed by atoms with E-state index in [1.54, 1.807) is 32.2 Å². The maximum absolute atomic E-state index is 13.0. The second-order valence-electron chi connectivity index (χ2n) is 6.51. The number of amides is 1. The fraction of sp³-hybridized carbons (Fsp3) is 0.429. The molecule has 0 fully saturated rings. The summed E-state index contributed by atoms with van der Waals surface area (Å²) in [6.45, 7) is 2.07. The maximum Gasteiger partial charge on any atom is 0.341 e. The number of rotatable bonds is 6. The Hall–Kier alpha value is -2.54. The lowest BCUT2D eigenvalue weighted by Gasteiger charge is -2.11. The summed E-state index contributed by atoms with van der Waals surface area (Å²) in [7, 11) is 3.05. The summed E-state index contributed by atoms with van der Waals surface area (Å²) in [6.07, 6.45) is 5.02. The zero-order valence-corrected chi connectivity index (χ0v) is 17.2. The highest BCUT2D eigenvalue weighted by Crippen LogP contribution is 2.38. The first-order chi connectivity index (χ1) is 13.6. The van der Waals surface area contributed by atoms with Gasteiger partial charge >= 0.3 is 5.97 Å². The van der Waals surface area contributed by atoms with Crippen LogP contribution in [0.4, 0.5) is 5.00 Å². The molecule has 1 amide bonds. The summed E-state index contributed by atoms with van der Waals surface area (Å²) in [4.78, 5) is 26.8. The molecule has 150 valence electrons. The van der Waals surface area contributed by atoms with Crippen molar-refractivity contribution in [1.82, 2.24) is 0 Å². The van der Waals surface area contributed by atoms with Crippen molar-refractivity contribution in [3.63, 3.8) is 0 Å². The van der Waals surface area contributed by atoms with Crippen LogP contribution in [0.1, 0.15) is 57.3 Å². The number of esters is 1. The lowest BCUT2D eigenvalue weighted by atomic mass is 10.1. The summed E-state index contributed by atoms with van der Waals surface area (Å²) in [5.41, 5.74) is 1.87. The first kappa shape index (κ1) is 20.2. The van der Waals surface area contributed by atoms with Crippen molar-refractivity contribution in [2.24, 2.45) is 0 Å². The second-order valence-corrected chi connectivity index (χ2v) is 7.61. The van der Waals surface area contributed by atoms with Gasteiger partial charge in [0.05, 0.1) is 32.0 Å². The minimum atomic E-state index is -0.380. The molecule has 0 saturated carbocycles. The van der Waals surface area contributed by atoms with E-state index in [9.17, 15) is 9.59 Å². The lowest BCUT2D eigenvalue weighted by Crippen LogP contribution is -2.16. The molecule has 1 aliphatic carbocycles. The predicted molar refractivity (Wildman–Crippen MR) is 109 cm³/mol. The quantitative estimate of drug-likeness (QED) is 0.569. The van der Waals surface area contributed by atoms with Gasteiger partial charge < -0.3 is 19.5 Å². The SMILES string of the molecule is CCOC(=O)c1c(NC(=O)c2cc(OC)ccc2OC)sc2c1CCCCC2. The topological polar surface area (TPSA) is 73.9 Å². The number of nitrogens with one attached hydrogen (secondary N) is 1. The molecule has 0 aliphatic heterocycles. The molecular formula is C21H25NO5S. The van der Waals surface area contributed by atoms with Crippen molar-refractivity contribution in [1.29, 1.82) is 0 Å². The van der Waals surface area contributed by atoms with Crippen LogP contribution in [0, 0.1) is 0 Å². The Morgan fingerprint density at radius 2 is 1.89 bits per heavy atom. The summed E-state index contributed by atoms with van der Waals surface area (Å²) in [5, 5.41) is 3.45. The molecule has 6 nitrogen and oxygen atoms in total. The largest absolute Gasteiger partial charge is 0.497 e. The Bertz CT molecular complexity index is 874. The molecule has 0 unspecified atom stereocenters. The van der Waals surface area contributed by atoms with Crippen LogP contribution in [0.25, 0.3) is 0 Å². The predicted octanol–water partition coefficient (Wildman–Crippen LogP) is 4.46. The smallest absolute Gasteiger partial charge is 0.341 e. The van der Waals surface area contributed by atoms with Gasteiger partial charge in [-0.05, 0) is 56.4 Å². The van der Waals surface area contributed by atoms with Crippen LogP contribution in [-0.2, 0) is 17.6 Å². The number of ether oxygens (including phenoxy) is 3. The van der Waals surface area contributed by atoms with Crippen LogP contribution in [0.15, 0.2) is 18.2 Å². The van der Waals surface area contributed by atoms with E-state index in [0.717, 1.165) is 42.5 Å². The number of carbonyl (C=O) groups is 2. The first-order valence-electron chi connectivity index (χ1n) is 9.44. The van der Waals surface area contributed by atoms with Gasteiger partial charge in [-0.1, -0.05) is 6.42 Å². The molecule has 1 aromatic carbocycles. The van der Waals surface area contributed by atoms with Crippen molar-refractivity contribution in [3.8, 4) is 11.5 Å². The van der Waals surface area contributed by atoms with Crippen molar-refractivity contribution in [3.05, 3.63) is 39.8 Å². The molecule has 0 spiro atoms. The van der Waals surface area contributed by atoms with Crippen LogP contribution in [0.5, 0.6) is 11.5 Å². The van der Waals surface area contributed by atoms with Gasteiger partial charge in [0.15, 0.2) is 0 Å². The Labute approximate surface area is 168 Å². The third-order valence-electron chi connectivity index (χ3n) is 4.78. The van der Waals surface area contributed by atoms with Gasteiger partial charge in [0, 0.05) is 4.88 Å². The summed E-state index contributed by atoms with van der Waals surface area (Å²) in [6, 6.07) is 5.04. The number of carbonyl (C=O) groups excluding carboxylic acids is 2. The molecule has 1 heterocycles. The standard InChI is InChI=1S/C21H25NO5S/c1-4-27-21(24)18-14-8-6-5-7-9-17(14)28-20(18)22-19(23)15-12-13(25-2)10-11-16(15)26-3/h10-12H,4-9H2,1-3H3,(H,22,23). The van der Waals surface area contributed by atoms with E-state index in [1.165, 1.54) is 18.4 Å². The monoisotopic (exact) mass is 403 g/mol. The van der Waals surface area contributed by atoms with E-state index in [4.69, 9.17) is 14.2 Å². The van der Waals surface area contributed by atoms with Gasteiger partial charge in [0.2, 0.25) is 0 Å². The molecule has 7 heteroatoms. The van der Waals surface area contributed by atoms with Crippen LogP contribution in [0.3, 0.4) is 0 Å². The second kappa shape index (κ2) is 9.10. The number of fused-ring (bicyclic) bond motifs is 1. The van der Waals surface area contributed by atoms with E-state index in [2.05, 4.69) is 5.32 Å². The van der Waals surface area contributed by atoms with Crippen LogP contribution < -0.4 is 14.8 Å². The molecule has 0 bridgehead atoms. The molecule has 3 rings (SSSR count). The van der Waals surface area contributed by atoms with Gasteiger partial charge in [-0.15, -0.1) is 11.3 Å². The molecule has 1 aromatic heterocycles. The van der Waals surface area contributed by atoms with Gasteiger partial charge in [-0.2, -0.15) is 0 Å². The van der Waals surface area contributed by atoms with E-state index in [-0.39, 0.29) is 11.9 Å². The van der Waals surface area contributed by atoms with Crippen LogP contribution >= 0.6 is 11.3 Å². The zero-order chi connectivity index (χ0) is 20.1. The van der Waals surface area contributed by atoms with Crippen molar-refractivity contribution in [2.45, 2.75) is 39.0 Å². The van der Waals surface area contributed by atoms with Crippen molar-refractivity contribution in [2.75, 3.05) is 26.1 Å². The van der Waals surface area contributed by atoms with E-state index < -0.39 is 0 Å². The molecule has 0 radical (unpaired) electrons. The molecule has 0 atom stereocenters. The fourth-order valence-electron chi connectivity index (χ4n) is 3.41. The first-order valence-corrected chi connectivity index (χ1v) is 10.3. The number of hydrogen-bond donors (Lipinski definition) is 1. The molecule has 2 aromatic rings. The Morgan fingerprint density at radius 3 is 2.61 bits per heavy atom.